The van der Waals surface area contributed by atoms with Crippen LogP contribution >= 0.6 is 0 Å². The van der Waals surface area contributed by atoms with Crippen LogP contribution in [0.4, 0.5) is 18.9 Å². The summed E-state index contributed by atoms with van der Waals surface area (Å²) in [6.07, 6.45) is 1.10. The van der Waals surface area contributed by atoms with Crippen LogP contribution < -0.4 is 5.32 Å². The summed E-state index contributed by atoms with van der Waals surface area (Å²) in [5, 5.41) is 9.82. The molecule has 0 aliphatic heterocycles. The number of H-pyrrole nitrogens is 1. The number of halogens is 3. The Morgan fingerprint density at radius 1 is 1.00 bits per heavy atom. The number of alkyl halides is 3. The highest BCUT2D eigenvalue weighted by atomic mass is 19.4. The highest BCUT2D eigenvalue weighted by Gasteiger charge is 2.32. The number of hydrogen-bond acceptors (Lipinski definition) is 5. The fraction of sp³-hybridized carbons (Fsp3) is 0.0556. The molecule has 0 saturated heterocycles. The van der Waals surface area contributed by atoms with Gasteiger partial charge in [0.25, 0.3) is 5.91 Å². The van der Waals surface area contributed by atoms with E-state index in [0.29, 0.717) is 10.9 Å². The molecule has 0 radical (unpaired) electrons. The van der Waals surface area contributed by atoms with Crippen molar-refractivity contribution < 1.29 is 18.0 Å². The maximum atomic E-state index is 12.6. The normalized spacial score (nSPS) is 11.5. The van der Waals surface area contributed by atoms with Crippen LogP contribution in [-0.2, 0) is 6.18 Å². The van der Waals surface area contributed by atoms with Crippen LogP contribution in [0.2, 0.25) is 0 Å². The summed E-state index contributed by atoms with van der Waals surface area (Å²) in [6, 6.07) is 7.29. The van der Waals surface area contributed by atoms with Crippen LogP contribution in [0.1, 0.15) is 16.2 Å². The Morgan fingerprint density at radius 3 is 2.46 bits per heavy atom. The molecule has 0 unspecified atom stereocenters. The third-order valence-electron chi connectivity index (χ3n) is 3.98. The second kappa shape index (κ2) is 6.72. The molecule has 0 aliphatic rings. The molecule has 4 rings (SSSR count). The average Bonchev–Trinajstić information content (AvgIpc) is 3.12. The SMILES string of the molecule is O=C(Nc1ccc(C(F)(F)F)nc1)c1n[nH]c2ccc(-c3cncnc3)cc12. The molecule has 0 aliphatic carbocycles. The summed E-state index contributed by atoms with van der Waals surface area (Å²) >= 11 is 0. The molecule has 2 N–H and O–H groups in total. The Labute approximate surface area is 155 Å². The Kier molecular flexibility index (Phi) is 4.22. The molecule has 1 amide bonds. The molecule has 3 aromatic heterocycles. The van der Waals surface area contributed by atoms with Crippen molar-refractivity contribution in [1.29, 1.82) is 0 Å². The van der Waals surface area contributed by atoms with Crippen LogP contribution in [0.15, 0.2) is 55.2 Å². The fourth-order valence-electron chi connectivity index (χ4n) is 2.64. The second-order valence-corrected chi connectivity index (χ2v) is 5.84. The average molecular weight is 384 g/mol. The number of pyridine rings is 1. The molecule has 0 atom stereocenters. The first kappa shape index (κ1) is 17.6. The smallest absolute Gasteiger partial charge is 0.319 e. The van der Waals surface area contributed by atoms with Gasteiger partial charge in [-0.25, -0.2) is 15.0 Å². The summed E-state index contributed by atoms with van der Waals surface area (Å²) in [7, 11) is 0. The number of carbonyl (C=O) groups excluding carboxylic acids is 1. The van der Waals surface area contributed by atoms with Crippen molar-refractivity contribution in [3.8, 4) is 11.1 Å². The number of rotatable bonds is 3. The van der Waals surface area contributed by atoms with Gasteiger partial charge in [0.1, 0.15) is 12.0 Å². The van der Waals surface area contributed by atoms with E-state index >= 15 is 0 Å². The number of carbonyl (C=O) groups is 1. The van der Waals surface area contributed by atoms with Crippen molar-refractivity contribution in [2.45, 2.75) is 6.18 Å². The Bertz CT molecular complexity index is 1140. The van der Waals surface area contributed by atoms with Crippen LogP contribution in [-0.4, -0.2) is 31.1 Å². The lowest BCUT2D eigenvalue weighted by molar-refractivity contribution is -0.141. The van der Waals surface area contributed by atoms with Crippen molar-refractivity contribution >= 4 is 22.5 Å². The lowest BCUT2D eigenvalue weighted by Crippen LogP contribution is -2.14. The number of aromatic amines is 1. The van der Waals surface area contributed by atoms with Gasteiger partial charge in [0.05, 0.1) is 17.4 Å². The number of aromatic nitrogens is 5. The van der Waals surface area contributed by atoms with E-state index in [9.17, 15) is 18.0 Å². The zero-order valence-corrected chi connectivity index (χ0v) is 14.0. The van der Waals surface area contributed by atoms with E-state index in [-0.39, 0.29) is 11.4 Å². The van der Waals surface area contributed by atoms with Crippen molar-refractivity contribution in [1.82, 2.24) is 25.1 Å². The number of benzene rings is 1. The van der Waals surface area contributed by atoms with Gasteiger partial charge in [0.15, 0.2) is 5.69 Å². The molecule has 140 valence electrons. The van der Waals surface area contributed by atoms with Gasteiger partial charge in [-0.05, 0) is 29.8 Å². The number of hydrogen-bond donors (Lipinski definition) is 2. The van der Waals surface area contributed by atoms with E-state index in [1.807, 2.05) is 6.07 Å². The molecule has 10 heteroatoms. The van der Waals surface area contributed by atoms with Gasteiger partial charge in [0, 0.05) is 23.3 Å². The maximum absolute atomic E-state index is 12.6. The molecular weight excluding hydrogens is 373 g/mol. The van der Waals surface area contributed by atoms with Gasteiger partial charge in [-0.1, -0.05) is 6.07 Å². The van der Waals surface area contributed by atoms with Gasteiger partial charge in [-0.2, -0.15) is 18.3 Å². The number of fused-ring (bicyclic) bond motifs is 1. The molecule has 0 bridgehead atoms. The van der Waals surface area contributed by atoms with Gasteiger partial charge in [0.2, 0.25) is 0 Å². The molecule has 4 aromatic rings. The first-order chi connectivity index (χ1) is 13.4. The van der Waals surface area contributed by atoms with E-state index < -0.39 is 17.8 Å². The number of anilines is 1. The van der Waals surface area contributed by atoms with Crippen molar-refractivity contribution in [3.63, 3.8) is 0 Å². The van der Waals surface area contributed by atoms with E-state index in [0.717, 1.165) is 29.5 Å². The Balaban J connectivity index is 1.62. The van der Waals surface area contributed by atoms with Crippen molar-refractivity contribution in [3.05, 3.63) is 66.6 Å². The van der Waals surface area contributed by atoms with Crippen molar-refractivity contribution in [2.24, 2.45) is 0 Å². The van der Waals surface area contributed by atoms with Crippen LogP contribution in [0.5, 0.6) is 0 Å². The first-order valence-electron chi connectivity index (χ1n) is 8.00. The quantitative estimate of drug-likeness (QED) is 0.562. The van der Waals surface area contributed by atoms with Gasteiger partial charge in [-0.3, -0.25) is 9.89 Å². The van der Waals surface area contributed by atoms with Crippen molar-refractivity contribution in [2.75, 3.05) is 5.32 Å². The Hall–Kier alpha value is -3.82. The lowest BCUT2D eigenvalue weighted by atomic mass is 10.1. The largest absolute Gasteiger partial charge is 0.433 e. The number of nitrogens with zero attached hydrogens (tertiary/aromatic N) is 4. The zero-order chi connectivity index (χ0) is 19.7. The number of nitrogens with one attached hydrogen (secondary N) is 2. The monoisotopic (exact) mass is 384 g/mol. The van der Waals surface area contributed by atoms with E-state index in [4.69, 9.17) is 0 Å². The zero-order valence-electron chi connectivity index (χ0n) is 14.0. The van der Waals surface area contributed by atoms with Crippen LogP contribution in [0.3, 0.4) is 0 Å². The van der Waals surface area contributed by atoms with E-state index in [1.54, 1.807) is 24.5 Å². The highest BCUT2D eigenvalue weighted by Crippen LogP contribution is 2.28. The topological polar surface area (TPSA) is 96.5 Å². The third kappa shape index (κ3) is 3.39. The Morgan fingerprint density at radius 2 is 1.79 bits per heavy atom. The summed E-state index contributed by atoms with van der Waals surface area (Å²) in [4.78, 5) is 23.8. The molecule has 0 fully saturated rings. The van der Waals surface area contributed by atoms with E-state index in [1.165, 1.54) is 6.33 Å². The summed E-state index contributed by atoms with van der Waals surface area (Å²) < 4.78 is 37.8. The minimum absolute atomic E-state index is 0.105. The van der Waals surface area contributed by atoms with Crippen LogP contribution in [0, 0.1) is 0 Å². The fourth-order valence-corrected chi connectivity index (χ4v) is 2.64. The van der Waals surface area contributed by atoms with Crippen LogP contribution in [0.25, 0.3) is 22.0 Å². The van der Waals surface area contributed by atoms with Gasteiger partial charge < -0.3 is 5.32 Å². The summed E-state index contributed by atoms with van der Waals surface area (Å²) in [5.74, 6) is -0.575. The molecule has 3 heterocycles. The van der Waals surface area contributed by atoms with Gasteiger partial charge in [-0.15, -0.1) is 0 Å². The standard InChI is InChI=1S/C18H11F3N6O/c19-18(20,21)15-4-2-12(8-24-15)25-17(28)16-13-5-10(1-3-14(13)26-27-16)11-6-22-9-23-7-11/h1-9H,(H,25,28)(H,26,27). The predicted octanol–water partition coefficient (Wildman–Crippen LogP) is 3.69. The minimum atomic E-state index is -4.54. The third-order valence-corrected chi connectivity index (χ3v) is 3.98. The molecular formula is C18H11F3N6O. The molecule has 1 aromatic carbocycles. The second-order valence-electron chi connectivity index (χ2n) is 5.84. The predicted molar refractivity (Wildman–Crippen MR) is 94.3 cm³/mol. The molecule has 0 spiro atoms. The van der Waals surface area contributed by atoms with E-state index in [2.05, 4.69) is 30.5 Å². The van der Waals surface area contributed by atoms with Gasteiger partial charge >= 0.3 is 6.18 Å². The molecule has 7 nitrogen and oxygen atoms in total. The minimum Gasteiger partial charge on any atom is -0.319 e. The lowest BCUT2D eigenvalue weighted by Gasteiger charge is -2.07. The number of amides is 1. The first-order valence-corrected chi connectivity index (χ1v) is 8.00. The highest BCUT2D eigenvalue weighted by molar-refractivity contribution is 6.11. The molecule has 28 heavy (non-hydrogen) atoms. The summed E-state index contributed by atoms with van der Waals surface area (Å²) in [6.45, 7) is 0. The molecule has 0 saturated carbocycles. The summed E-state index contributed by atoms with van der Waals surface area (Å²) in [5.41, 5.74) is 1.39. The maximum Gasteiger partial charge on any atom is 0.433 e.